The SMILES string of the molecule is C[C@@H](NC(c1ccc(Cl)cc1)c1cccc(Nc2c(O)c(=O)c2=O)c1)c1cc(F)cc(F)c1. The van der Waals surface area contributed by atoms with Crippen LogP contribution >= 0.6 is 11.6 Å². The summed E-state index contributed by atoms with van der Waals surface area (Å²) in [6, 6.07) is 16.7. The van der Waals surface area contributed by atoms with E-state index < -0.39 is 40.3 Å². The third-order valence-corrected chi connectivity index (χ3v) is 5.63. The lowest BCUT2D eigenvalue weighted by Gasteiger charge is -2.25. The average molecular weight is 469 g/mol. The molecule has 0 fully saturated rings. The third kappa shape index (κ3) is 4.79. The molecule has 0 amide bonds. The molecule has 0 bridgehead atoms. The number of hydrogen-bond acceptors (Lipinski definition) is 5. The summed E-state index contributed by atoms with van der Waals surface area (Å²) in [5.41, 5.74) is 0.672. The Bertz CT molecular complexity index is 1360. The second-order valence-corrected chi connectivity index (χ2v) is 8.14. The lowest BCUT2D eigenvalue weighted by atomic mass is 9.96. The molecule has 4 aromatic rings. The molecule has 1 unspecified atom stereocenters. The molecule has 5 nitrogen and oxygen atoms in total. The molecule has 0 aliphatic carbocycles. The third-order valence-electron chi connectivity index (χ3n) is 5.38. The highest BCUT2D eigenvalue weighted by atomic mass is 35.5. The molecular formula is C25H19ClF2N2O3. The minimum absolute atomic E-state index is 0.156. The van der Waals surface area contributed by atoms with E-state index in [9.17, 15) is 23.5 Å². The van der Waals surface area contributed by atoms with Crippen LogP contribution in [-0.2, 0) is 0 Å². The van der Waals surface area contributed by atoms with Crippen molar-refractivity contribution in [1.82, 2.24) is 5.32 Å². The van der Waals surface area contributed by atoms with Gasteiger partial charge in [-0.3, -0.25) is 14.9 Å². The van der Waals surface area contributed by atoms with Crippen LogP contribution in [0.4, 0.5) is 20.2 Å². The van der Waals surface area contributed by atoms with Gasteiger partial charge in [-0.15, -0.1) is 0 Å². The van der Waals surface area contributed by atoms with Crippen molar-refractivity contribution in [3.63, 3.8) is 0 Å². The summed E-state index contributed by atoms with van der Waals surface area (Å²) in [4.78, 5) is 23.0. The molecule has 0 aromatic heterocycles. The van der Waals surface area contributed by atoms with Gasteiger partial charge in [0.05, 0.1) is 6.04 Å². The smallest absolute Gasteiger partial charge is 0.271 e. The van der Waals surface area contributed by atoms with E-state index in [1.807, 2.05) is 18.2 Å². The Morgan fingerprint density at radius 3 is 2.15 bits per heavy atom. The van der Waals surface area contributed by atoms with E-state index >= 15 is 0 Å². The van der Waals surface area contributed by atoms with Crippen LogP contribution in [0.1, 0.15) is 35.7 Å². The van der Waals surface area contributed by atoms with Gasteiger partial charge in [-0.2, -0.15) is 0 Å². The van der Waals surface area contributed by atoms with E-state index in [0.717, 1.165) is 17.2 Å². The molecule has 33 heavy (non-hydrogen) atoms. The van der Waals surface area contributed by atoms with Crippen molar-refractivity contribution >= 4 is 23.0 Å². The summed E-state index contributed by atoms with van der Waals surface area (Å²) in [6.45, 7) is 1.79. The molecule has 0 aliphatic heterocycles. The molecule has 168 valence electrons. The fourth-order valence-electron chi connectivity index (χ4n) is 3.65. The molecule has 0 heterocycles. The van der Waals surface area contributed by atoms with Gasteiger partial charge in [0.15, 0.2) is 5.75 Å². The van der Waals surface area contributed by atoms with E-state index in [4.69, 9.17) is 11.6 Å². The van der Waals surface area contributed by atoms with Gasteiger partial charge in [0, 0.05) is 22.8 Å². The Labute approximate surface area is 193 Å². The fraction of sp³-hybridized carbons (Fsp3) is 0.120. The first-order valence-corrected chi connectivity index (χ1v) is 10.5. The molecule has 4 rings (SSSR count). The van der Waals surface area contributed by atoms with Crippen LogP contribution in [0.25, 0.3) is 0 Å². The van der Waals surface area contributed by atoms with Crippen LogP contribution in [0.5, 0.6) is 5.75 Å². The summed E-state index contributed by atoms with van der Waals surface area (Å²) in [7, 11) is 0. The molecule has 0 radical (unpaired) electrons. The Morgan fingerprint density at radius 1 is 0.848 bits per heavy atom. The first kappa shape index (κ1) is 22.6. The molecule has 0 saturated heterocycles. The van der Waals surface area contributed by atoms with Crippen LogP contribution in [0.15, 0.2) is 76.3 Å². The molecule has 3 N–H and O–H groups in total. The van der Waals surface area contributed by atoms with Crippen molar-refractivity contribution in [2.75, 3.05) is 5.32 Å². The molecule has 0 saturated carbocycles. The lowest BCUT2D eigenvalue weighted by molar-refractivity contribution is 0.466. The Kier molecular flexibility index (Phi) is 6.26. The normalized spacial score (nSPS) is 13.1. The maximum atomic E-state index is 13.8. The summed E-state index contributed by atoms with van der Waals surface area (Å²) in [5, 5.41) is 16.4. The van der Waals surface area contributed by atoms with E-state index in [2.05, 4.69) is 10.6 Å². The van der Waals surface area contributed by atoms with E-state index in [-0.39, 0.29) is 5.69 Å². The van der Waals surface area contributed by atoms with Crippen LogP contribution in [0.3, 0.4) is 0 Å². The van der Waals surface area contributed by atoms with Crippen molar-refractivity contribution in [3.05, 3.63) is 121 Å². The van der Waals surface area contributed by atoms with Gasteiger partial charge in [0.1, 0.15) is 17.3 Å². The summed E-state index contributed by atoms with van der Waals surface area (Å²) in [6.07, 6.45) is 0. The molecule has 4 aromatic carbocycles. The van der Waals surface area contributed by atoms with Crippen molar-refractivity contribution in [2.24, 2.45) is 0 Å². The van der Waals surface area contributed by atoms with Gasteiger partial charge in [-0.05, 0) is 60.0 Å². The number of benzene rings is 3. The van der Waals surface area contributed by atoms with Gasteiger partial charge in [0.25, 0.3) is 10.9 Å². The summed E-state index contributed by atoms with van der Waals surface area (Å²) in [5.74, 6) is -1.93. The van der Waals surface area contributed by atoms with Crippen LogP contribution in [0.2, 0.25) is 5.02 Å². The standard InChI is InChI=1S/C25H19ClF2N2O3/c1-13(16-9-18(27)12-19(28)10-16)29-21(14-5-7-17(26)8-6-14)15-3-2-4-20(11-15)30-22-23(31)25(33)24(22)32/h2-13,21,29-31H,1H3/t13-,21?/m1/s1. The van der Waals surface area contributed by atoms with Crippen LogP contribution < -0.4 is 21.5 Å². The molecule has 0 spiro atoms. The van der Waals surface area contributed by atoms with Crippen LogP contribution in [0, 0.1) is 11.6 Å². The highest BCUT2D eigenvalue weighted by molar-refractivity contribution is 6.30. The van der Waals surface area contributed by atoms with E-state index in [0.29, 0.717) is 16.3 Å². The Balaban J connectivity index is 1.68. The number of nitrogens with one attached hydrogen (secondary N) is 2. The van der Waals surface area contributed by atoms with Crippen LogP contribution in [-0.4, -0.2) is 5.11 Å². The highest BCUT2D eigenvalue weighted by Gasteiger charge is 2.22. The number of aromatic hydroxyl groups is 1. The van der Waals surface area contributed by atoms with E-state index in [1.54, 1.807) is 37.3 Å². The Morgan fingerprint density at radius 2 is 1.52 bits per heavy atom. The van der Waals surface area contributed by atoms with E-state index in [1.165, 1.54) is 12.1 Å². The minimum Gasteiger partial charge on any atom is -0.502 e. The zero-order valence-electron chi connectivity index (χ0n) is 17.4. The van der Waals surface area contributed by atoms with Crippen molar-refractivity contribution in [3.8, 4) is 5.75 Å². The number of anilines is 2. The van der Waals surface area contributed by atoms with Crippen molar-refractivity contribution < 1.29 is 13.9 Å². The second-order valence-electron chi connectivity index (χ2n) is 7.71. The largest absolute Gasteiger partial charge is 0.502 e. The highest BCUT2D eigenvalue weighted by Crippen LogP contribution is 2.30. The predicted octanol–water partition coefficient (Wildman–Crippen LogP) is 5.10. The van der Waals surface area contributed by atoms with Gasteiger partial charge >= 0.3 is 0 Å². The second kappa shape index (κ2) is 9.13. The van der Waals surface area contributed by atoms with Crippen molar-refractivity contribution in [2.45, 2.75) is 19.0 Å². The number of halogens is 3. The lowest BCUT2D eigenvalue weighted by Crippen LogP contribution is -2.32. The summed E-state index contributed by atoms with van der Waals surface area (Å²) >= 11 is 6.04. The molecule has 0 aliphatic rings. The minimum atomic E-state index is -0.925. The molecular weight excluding hydrogens is 450 g/mol. The van der Waals surface area contributed by atoms with Gasteiger partial charge in [-0.1, -0.05) is 35.9 Å². The Hall–Kier alpha value is -3.55. The monoisotopic (exact) mass is 468 g/mol. The average Bonchev–Trinajstić information content (AvgIpc) is 2.80. The fourth-order valence-corrected chi connectivity index (χ4v) is 3.77. The first-order valence-electron chi connectivity index (χ1n) is 10.1. The van der Waals surface area contributed by atoms with Gasteiger partial charge in [0.2, 0.25) is 0 Å². The van der Waals surface area contributed by atoms with Crippen molar-refractivity contribution in [1.29, 1.82) is 0 Å². The van der Waals surface area contributed by atoms with Gasteiger partial charge in [-0.25, -0.2) is 8.78 Å². The number of rotatable bonds is 7. The first-order chi connectivity index (χ1) is 15.7. The summed E-state index contributed by atoms with van der Waals surface area (Å²) < 4.78 is 27.5. The maximum absolute atomic E-state index is 13.8. The van der Waals surface area contributed by atoms with Gasteiger partial charge < -0.3 is 10.4 Å². The zero-order chi connectivity index (χ0) is 23.7. The quantitative estimate of drug-likeness (QED) is 0.329. The predicted molar refractivity (Wildman–Crippen MR) is 124 cm³/mol. The topological polar surface area (TPSA) is 78.4 Å². The molecule has 8 heteroatoms. The maximum Gasteiger partial charge on any atom is 0.271 e. The zero-order valence-corrected chi connectivity index (χ0v) is 18.2. The molecule has 2 atom stereocenters. The number of hydrogen-bond donors (Lipinski definition) is 3.